The fourth-order valence-electron chi connectivity index (χ4n) is 1.95. The molecule has 1 heterocycles. The number of benzene rings is 1. The predicted octanol–water partition coefficient (Wildman–Crippen LogP) is 3.65. The van der Waals surface area contributed by atoms with Crippen molar-refractivity contribution in [3.63, 3.8) is 0 Å². The van der Waals surface area contributed by atoms with Crippen molar-refractivity contribution in [2.75, 3.05) is 25.1 Å². The number of aliphatic imine (C=N–C) groups is 1. The highest BCUT2D eigenvalue weighted by atomic mass is 16.5. The highest BCUT2D eigenvalue weighted by Gasteiger charge is 2.32. The second-order valence-corrected chi connectivity index (χ2v) is 7.67. The van der Waals surface area contributed by atoms with Crippen molar-refractivity contribution >= 4 is 11.6 Å². The van der Waals surface area contributed by atoms with Gasteiger partial charge in [-0.3, -0.25) is 4.99 Å². The van der Waals surface area contributed by atoms with Gasteiger partial charge in [-0.25, -0.2) is 0 Å². The summed E-state index contributed by atoms with van der Waals surface area (Å²) < 4.78 is 11.3. The highest BCUT2D eigenvalue weighted by Crippen LogP contribution is 2.38. The van der Waals surface area contributed by atoms with Gasteiger partial charge in [-0.15, -0.1) is 0 Å². The summed E-state index contributed by atoms with van der Waals surface area (Å²) in [6, 6.07) is 5.72. The lowest BCUT2D eigenvalue weighted by Crippen LogP contribution is -2.34. The molecule has 0 unspecified atom stereocenters. The number of ether oxygens (including phenoxy) is 2. The second-order valence-electron chi connectivity index (χ2n) is 7.67. The lowest BCUT2D eigenvalue weighted by atomic mass is 9.69. The maximum absolute atomic E-state index is 6.03. The fourth-order valence-corrected chi connectivity index (χ4v) is 1.95. The first kappa shape index (κ1) is 17.4. The monoisotopic (exact) mass is 319 g/mol. The zero-order chi connectivity index (χ0) is 17.1. The predicted molar refractivity (Wildman–Crippen MR) is 95.4 cm³/mol. The van der Waals surface area contributed by atoms with Gasteiger partial charge in [-0.05, 0) is 23.0 Å². The van der Waals surface area contributed by atoms with Crippen LogP contribution in [0, 0.1) is 10.8 Å². The van der Waals surface area contributed by atoms with Crippen molar-refractivity contribution in [1.29, 1.82) is 0 Å². The third kappa shape index (κ3) is 4.53. The van der Waals surface area contributed by atoms with E-state index >= 15 is 0 Å². The van der Waals surface area contributed by atoms with Crippen molar-refractivity contribution in [2.24, 2.45) is 21.6 Å². The summed E-state index contributed by atoms with van der Waals surface area (Å²) in [5.41, 5.74) is 7.10. The van der Waals surface area contributed by atoms with Crippen molar-refractivity contribution < 1.29 is 9.47 Å². The van der Waals surface area contributed by atoms with Crippen LogP contribution in [0.3, 0.4) is 0 Å². The van der Waals surface area contributed by atoms with Gasteiger partial charge in [-0.1, -0.05) is 34.6 Å². The average molecular weight is 319 g/mol. The molecule has 0 aliphatic carbocycles. The van der Waals surface area contributed by atoms with Gasteiger partial charge in [0, 0.05) is 24.7 Å². The number of fused-ring (bicyclic) bond motifs is 1. The molecule has 0 fully saturated rings. The minimum atomic E-state index is 0.0595. The van der Waals surface area contributed by atoms with Gasteiger partial charge in [0.25, 0.3) is 0 Å². The van der Waals surface area contributed by atoms with Gasteiger partial charge in [-0.2, -0.15) is 0 Å². The molecule has 0 saturated heterocycles. The molecule has 1 aliphatic heterocycles. The molecule has 0 atom stereocenters. The largest absolute Gasteiger partial charge is 0.490 e. The van der Waals surface area contributed by atoms with Gasteiger partial charge < -0.3 is 20.5 Å². The van der Waals surface area contributed by atoms with Crippen LogP contribution >= 0.6 is 0 Å². The number of rotatable bonds is 3. The molecule has 0 aromatic heterocycles. The number of hydrogen-bond donors (Lipinski definition) is 2. The Morgan fingerprint density at radius 1 is 1.13 bits per heavy atom. The second kappa shape index (κ2) is 6.69. The Kier molecular flexibility index (Phi) is 5.07. The minimum Gasteiger partial charge on any atom is -0.490 e. The van der Waals surface area contributed by atoms with Crippen LogP contribution in [0.15, 0.2) is 23.2 Å². The SMILES string of the molecule is CC(C)(C)C(C)(C)CN=C(N)Nc1ccc2c(c1)OCCCO2. The zero-order valence-corrected chi connectivity index (χ0v) is 14.9. The summed E-state index contributed by atoms with van der Waals surface area (Å²) in [6.07, 6.45) is 0.892. The lowest BCUT2D eigenvalue weighted by Gasteiger charge is -2.37. The quantitative estimate of drug-likeness (QED) is 0.659. The van der Waals surface area contributed by atoms with Crippen LogP contribution in [0.4, 0.5) is 5.69 Å². The first-order valence-corrected chi connectivity index (χ1v) is 8.16. The van der Waals surface area contributed by atoms with Crippen LogP contribution in [-0.4, -0.2) is 25.7 Å². The Balaban J connectivity index is 2.04. The van der Waals surface area contributed by atoms with E-state index in [2.05, 4.69) is 44.9 Å². The van der Waals surface area contributed by atoms with E-state index in [0.29, 0.717) is 25.7 Å². The normalized spacial score (nSPS) is 16.0. The molecule has 0 amide bonds. The number of guanidine groups is 1. The smallest absolute Gasteiger partial charge is 0.193 e. The Hall–Kier alpha value is -1.91. The molecular formula is C18H29N3O2. The van der Waals surface area contributed by atoms with E-state index in [-0.39, 0.29) is 10.8 Å². The molecular weight excluding hydrogens is 290 g/mol. The molecule has 23 heavy (non-hydrogen) atoms. The molecule has 0 saturated carbocycles. The summed E-state index contributed by atoms with van der Waals surface area (Å²) in [5, 5.41) is 3.13. The van der Waals surface area contributed by atoms with E-state index < -0.39 is 0 Å². The minimum absolute atomic E-state index is 0.0595. The Labute approximate surface area is 139 Å². The molecule has 1 aromatic rings. The van der Waals surface area contributed by atoms with Crippen LogP contribution < -0.4 is 20.5 Å². The van der Waals surface area contributed by atoms with Crippen molar-refractivity contribution in [3.05, 3.63) is 18.2 Å². The average Bonchev–Trinajstić information content (AvgIpc) is 2.69. The van der Waals surface area contributed by atoms with E-state index in [0.717, 1.165) is 23.6 Å². The lowest BCUT2D eigenvalue weighted by molar-refractivity contribution is 0.143. The Morgan fingerprint density at radius 3 is 2.43 bits per heavy atom. The van der Waals surface area contributed by atoms with E-state index in [4.69, 9.17) is 15.2 Å². The molecule has 5 heteroatoms. The van der Waals surface area contributed by atoms with E-state index in [1.54, 1.807) is 0 Å². The van der Waals surface area contributed by atoms with Crippen LogP contribution in [0.25, 0.3) is 0 Å². The number of nitrogens with zero attached hydrogens (tertiary/aromatic N) is 1. The molecule has 3 N–H and O–H groups in total. The maximum atomic E-state index is 6.03. The van der Waals surface area contributed by atoms with E-state index in [1.807, 2.05) is 18.2 Å². The van der Waals surface area contributed by atoms with Crippen LogP contribution in [-0.2, 0) is 0 Å². The third-order valence-electron chi connectivity index (χ3n) is 4.69. The summed E-state index contributed by atoms with van der Waals surface area (Å²) in [6.45, 7) is 13.1. The summed E-state index contributed by atoms with van der Waals surface area (Å²) in [5.74, 6) is 1.93. The van der Waals surface area contributed by atoms with Crippen molar-refractivity contribution in [2.45, 2.75) is 41.0 Å². The fraction of sp³-hybridized carbons (Fsp3) is 0.611. The van der Waals surface area contributed by atoms with Gasteiger partial charge in [0.1, 0.15) is 0 Å². The number of nitrogens with two attached hydrogens (primary N) is 1. The number of nitrogens with one attached hydrogen (secondary N) is 1. The molecule has 128 valence electrons. The van der Waals surface area contributed by atoms with Gasteiger partial charge in [0.15, 0.2) is 17.5 Å². The molecule has 0 radical (unpaired) electrons. The summed E-state index contributed by atoms with van der Waals surface area (Å²) in [4.78, 5) is 4.50. The molecule has 2 rings (SSSR count). The first-order chi connectivity index (χ1) is 10.7. The first-order valence-electron chi connectivity index (χ1n) is 8.16. The molecule has 1 aromatic carbocycles. The van der Waals surface area contributed by atoms with Crippen molar-refractivity contribution in [3.8, 4) is 11.5 Å². The van der Waals surface area contributed by atoms with Crippen LogP contribution in [0.2, 0.25) is 0 Å². The molecule has 0 bridgehead atoms. The van der Waals surface area contributed by atoms with E-state index in [9.17, 15) is 0 Å². The molecule has 0 spiro atoms. The molecule has 1 aliphatic rings. The summed E-state index contributed by atoms with van der Waals surface area (Å²) >= 11 is 0. The Morgan fingerprint density at radius 2 is 1.78 bits per heavy atom. The van der Waals surface area contributed by atoms with Crippen LogP contribution in [0.5, 0.6) is 11.5 Å². The third-order valence-corrected chi connectivity index (χ3v) is 4.69. The Bertz CT molecular complexity index is 574. The van der Waals surface area contributed by atoms with Crippen LogP contribution in [0.1, 0.15) is 41.0 Å². The summed E-state index contributed by atoms with van der Waals surface area (Å²) in [7, 11) is 0. The molecule has 5 nitrogen and oxygen atoms in total. The highest BCUT2D eigenvalue weighted by molar-refractivity contribution is 5.92. The van der Waals surface area contributed by atoms with E-state index in [1.165, 1.54) is 0 Å². The van der Waals surface area contributed by atoms with Crippen molar-refractivity contribution in [1.82, 2.24) is 0 Å². The topological polar surface area (TPSA) is 68.9 Å². The van der Waals surface area contributed by atoms with Gasteiger partial charge in [0.05, 0.1) is 13.2 Å². The zero-order valence-electron chi connectivity index (χ0n) is 14.9. The van der Waals surface area contributed by atoms with Gasteiger partial charge in [0.2, 0.25) is 0 Å². The maximum Gasteiger partial charge on any atom is 0.193 e. The number of hydrogen-bond acceptors (Lipinski definition) is 3. The standard InChI is InChI=1S/C18H29N3O2/c1-17(2,3)18(4,5)12-20-16(19)21-13-7-8-14-15(11-13)23-10-6-9-22-14/h7-8,11H,6,9-10,12H2,1-5H3,(H3,19,20,21). The van der Waals surface area contributed by atoms with Gasteiger partial charge >= 0.3 is 0 Å². The number of anilines is 1.